The molecule has 3 saturated heterocycles. The monoisotopic (exact) mass is 644 g/mol. The highest BCUT2D eigenvalue weighted by Gasteiger charge is 3.04. The summed E-state index contributed by atoms with van der Waals surface area (Å²) in [4.78, 5) is 52.9. The highest BCUT2D eigenvalue weighted by atomic mass is 16.9. The Balaban J connectivity index is 1.46. The average Bonchev–Trinajstić information content (AvgIpc) is 3.67. The summed E-state index contributed by atoms with van der Waals surface area (Å²) in [5.41, 5.74) is -9.10. The molecule has 13 atom stereocenters. The third-order valence-corrected chi connectivity index (χ3v) is 13.5. The largest absolute Gasteiger partial charge is 0.472 e. The summed E-state index contributed by atoms with van der Waals surface area (Å²) >= 11 is 0. The first-order chi connectivity index (χ1) is 21.5. The lowest BCUT2D eigenvalue weighted by Crippen LogP contribution is -2.93. The third kappa shape index (κ3) is 2.84. The van der Waals surface area contributed by atoms with E-state index in [2.05, 4.69) is 0 Å². The highest BCUT2D eigenvalue weighted by molar-refractivity contribution is 5.74. The number of aliphatic hydroxyl groups is 1. The number of hydrogen-bond donors (Lipinski definition) is 1. The lowest BCUT2D eigenvalue weighted by molar-refractivity contribution is -0.477. The van der Waals surface area contributed by atoms with Crippen molar-refractivity contribution in [2.75, 3.05) is 7.11 Å². The van der Waals surface area contributed by atoms with Crippen molar-refractivity contribution >= 4 is 23.9 Å². The number of carbonyl (C=O) groups is 4. The zero-order valence-electron chi connectivity index (χ0n) is 27.0. The Morgan fingerprint density at radius 1 is 1.00 bits per heavy atom. The molecule has 4 bridgehead atoms. The van der Waals surface area contributed by atoms with Crippen LogP contribution < -0.4 is 0 Å². The van der Waals surface area contributed by atoms with E-state index < -0.39 is 98.6 Å². The maximum Gasteiger partial charge on any atom is 0.306 e. The Kier molecular flexibility index (Phi) is 5.62. The first kappa shape index (κ1) is 30.3. The summed E-state index contributed by atoms with van der Waals surface area (Å²) < 4.78 is 50.0. The van der Waals surface area contributed by atoms with E-state index in [-0.39, 0.29) is 19.3 Å². The van der Waals surface area contributed by atoms with Gasteiger partial charge in [0, 0.05) is 54.9 Å². The highest BCUT2D eigenvalue weighted by Crippen LogP contribution is 2.90. The summed E-state index contributed by atoms with van der Waals surface area (Å²) in [6.07, 6.45) is 0.0231. The van der Waals surface area contributed by atoms with Gasteiger partial charge in [-0.05, 0) is 31.2 Å². The minimum atomic E-state index is -2.00. The molecule has 0 amide bonds. The van der Waals surface area contributed by atoms with Crippen LogP contribution in [0.5, 0.6) is 0 Å². The van der Waals surface area contributed by atoms with Gasteiger partial charge in [0.15, 0.2) is 6.10 Å². The molecule has 4 heterocycles. The Bertz CT molecular complexity index is 1570. The topological polar surface area (TPSA) is 166 Å². The molecule has 8 rings (SSSR count). The van der Waals surface area contributed by atoms with E-state index in [4.69, 9.17) is 37.6 Å². The standard InChI is InChI=1S/C33H40O13/c1-16(34)41-25-27(4)15-31-28(5,19(27)12-21(36)39-7)30-10-9-26(3)20(13-22(37)42-23(26)18-8-11-40-14-18)32(30,46-29(6,44-30)45-31)24(38)33(25,31)43-17(2)35/h8,11,14,19-20,23-25,38H,9-10,12-13,15H2,1-7H3/t19-,20+,23-,24-,25-,26+,27+,28-,29?,30-,31+,32+,33+/m0/s1. The summed E-state index contributed by atoms with van der Waals surface area (Å²) in [6.45, 7) is 9.90. The van der Waals surface area contributed by atoms with Crippen LogP contribution in [-0.2, 0) is 52.3 Å². The van der Waals surface area contributed by atoms with Crippen LogP contribution in [0.4, 0.5) is 0 Å². The molecule has 7 fully saturated rings. The number of fused-ring (bicyclic) bond motifs is 3. The maximum atomic E-state index is 13.6. The van der Waals surface area contributed by atoms with Gasteiger partial charge in [0.05, 0.1) is 26.1 Å². The van der Waals surface area contributed by atoms with Crippen LogP contribution in [0.1, 0.15) is 85.3 Å². The lowest BCUT2D eigenvalue weighted by atomic mass is 9.33. The molecule has 2 spiro atoms. The number of esters is 4. The molecule has 0 radical (unpaired) electrons. The van der Waals surface area contributed by atoms with Crippen molar-refractivity contribution in [3.8, 4) is 0 Å². The molecule has 250 valence electrons. The van der Waals surface area contributed by atoms with E-state index >= 15 is 0 Å². The van der Waals surface area contributed by atoms with Gasteiger partial charge >= 0.3 is 23.9 Å². The fourth-order valence-electron chi connectivity index (χ4n) is 12.5. The normalized spacial score (nSPS) is 53.7. The number of rotatable bonds is 5. The molecular formula is C33H40O13. The Morgan fingerprint density at radius 2 is 1.72 bits per heavy atom. The van der Waals surface area contributed by atoms with Gasteiger partial charge in [-0.1, -0.05) is 20.8 Å². The van der Waals surface area contributed by atoms with E-state index in [0.29, 0.717) is 18.4 Å². The number of cyclic esters (lactones) is 1. The van der Waals surface area contributed by atoms with Crippen LogP contribution in [0.15, 0.2) is 23.0 Å². The number of ether oxygens (including phenoxy) is 7. The molecule has 46 heavy (non-hydrogen) atoms. The first-order valence-electron chi connectivity index (χ1n) is 15.9. The van der Waals surface area contributed by atoms with Gasteiger partial charge in [0.25, 0.3) is 5.97 Å². The quantitative estimate of drug-likeness (QED) is 0.368. The predicted octanol–water partition coefficient (Wildman–Crippen LogP) is 2.87. The molecular weight excluding hydrogens is 604 g/mol. The van der Waals surface area contributed by atoms with Crippen LogP contribution in [0, 0.1) is 28.1 Å². The summed E-state index contributed by atoms with van der Waals surface area (Å²) in [5, 5.41) is 13.2. The van der Waals surface area contributed by atoms with Gasteiger partial charge in [-0.3, -0.25) is 19.2 Å². The number of furan rings is 1. The van der Waals surface area contributed by atoms with Crippen molar-refractivity contribution < 1.29 is 61.9 Å². The van der Waals surface area contributed by atoms with Gasteiger partial charge in [-0.15, -0.1) is 0 Å². The number of carbonyl (C=O) groups excluding carboxylic acids is 4. The van der Waals surface area contributed by atoms with Gasteiger partial charge in [0.2, 0.25) is 5.60 Å². The smallest absolute Gasteiger partial charge is 0.306 e. The lowest BCUT2D eigenvalue weighted by Gasteiger charge is -2.77. The average molecular weight is 645 g/mol. The van der Waals surface area contributed by atoms with Crippen molar-refractivity contribution in [2.45, 2.75) is 120 Å². The molecule has 1 unspecified atom stereocenters. The van der Waals surface area contributed by atoms with Crippen molar-refractivity contribution in [1.29, 1.82) is 0 Å². The van der Waals surface area contributed by atoms with Gasteiger partial charge < -0.3 is 42.7 Å². The molecule has 3 aliphatic heterocycles. The van der Waals surface area contributed by atoms with Crippen LogP contribution in [0.25, 0.3) is 0 Å². The second-order valence-electron chi connectivity index (χ2n) is 15.3. The Morgan fingerprint density at radius 3 is 2.35 bits per heavy atom. The Hall–Kier alpha value is -3.00. The van der Waals surface area contributed by atoms with E-state index in [1.165, 1.54) is 33.5 Å². The molecule has 13 heteroatoms. The number of aliphatic hydroxyl groups excluding tert-OH is 1. The third-order valence-electron chi connectivity index (χ3n) is 13.5. The molecule has 1 aromatic heterocycles. The van der Waals surface area contributed by atoms with Crippen molar-refractivity contribution in [1.82, 2.24) is 0 Å². The molecule has 13 nitrogen and oxygen atoms in total. The number of methoxy groups -OCH3 is 1. The summed E-state index contributed by atoms with van der Waals surface area (Å²) in [6, 6.07) is 1.74. The zero-order chi connectivity index (χ0) is 33.1. The van der Waals surface area contributed by atoms with Gasteiger partial charge in [-0.25, -0.2) is 0 Å². The van der Waals surface area contributed by atoms with E-state index in [9.17, 15) is 24.3 Å². The van der Waals surface area contributed by atoms with Crippen molar-refractivity contribution in [2.24, 2.45) is 28.1 Å². The van der Waals surface area contributed by atoms with Crippen molar-refractivity contribution in [3.05, 3.63) is 24.2 Å². The Labute approximate surface area is 265 Å². The molecule has 7 aliphatic rings. The zero-order valence-corrected chi connectivity index (χ0v) is 27.0. The number of hydrogen-bond acceptors (Lipinski definition) is 13. The predicted molar refractivity (Wildman–Crippen MR) is 150 cm³/mol. The van der Waals surface area contributed by atoms with Crippen LogP contribution in [0.2, 0.25) is 0 Å². The van der Waals surface area contributed by atoms with Crippen LogP contribution >= 0.6 is 0 Å². The van der Waals surface area contributed by atoms with E-state index in [1.54, 1.807) is 13.0 Å². The molecule has 1 N–H and O–H groups in total. The summed E-state index contributed by atoms with van der Waals surface area (Å²) in [5.74, 6) is -5.56. The second-order valence-corrected chi connectivity index (χ2v) is 15.3. The SMILES string of the molecule is COC(=O)C[C@H]1[C@@]2(C)C[C@@]34OC5(C)O[C@]6([C@@H]7CC(=O)O[C@@H](c8ccoc8)[C@]7(C)CC[C@]6(O5)[C@]13C)[C@H](O)[C@@]4(OC(C)=O)[C@H]2OC(C)=O. The molecule has 4 saturated carbocycles. The molecule has 4 aliphatic carbocycles. The molecule has 0 aromatic carbocycles. The fraction of sp³-hybridized carbons (Fsp3) is 0.758. The van der Waals surface area contributed by atoms with Crippen LogP contribution in [0.3, 0.4) is 0 Å². The second kappa shape index (κ2) is 8.53. The van der Waals surface area contributed by atoms with E-state index in [0.717, 1.165) is 0 Å². The minimum Gasteiger partial charge on any atom is -0.472 e. The fourth-order valence-corrected chi connectivity index (χ4v) is 12.5. The first-order valence-corrected chi connectivity index (χ1v) is 15.9. The van der Waals surface area contributed by atoms with Gasteiger partial charge in [0.1, 0.15) is 29.0 Å². The summed E-state index contributed by atoms with van der Waals surface area (Å²) in [7, 11) is 1.31. The van der Waals surface area contributed by atoms with Crippen LogP contribution in [-0.4, -0.2) is 76.7 Å². The minimum absolute atomic E-state index is 0.0991. The van der Waals surface area contributed by atoms with E-state index in [1.807, 2.05) is 20.8 Å². The van der Waals surface area contributed by atoms with Crippen molar-refractivity contribution in [3.63, 3.8) is 0 Å². The molecule has 1 aromatic rings. The maximum absolute atomic E-state index is 13.6. The van der Waals surface area contributed by atoms with Gasteiger partial charge in [-0.2, -0.15) is 0 Å².